The van der Waals surface area contributed by atoms with Gasteiger partial charge in [0.15, 0.2) is 16.6 Å². The molecule has 0 saturated carbocycles. The number of anilines is 1. The Morgan fingerprint density at radius 3 is 2.67 bits per heavy atom. The van der Waals surface area contributed by atoms with Gasteiger partial charge in [-0.25, -0.2) is 0 Å². The fraction of sp³-hybridized carbons (Fsp3) is 0.421. The van der Waals surface area contributed by atoms with Gasteiger partial charge in [0.05, 0.1) is 26.1 Å². The third kappa shape index (κ3) is 6.32. The highest BCUT2D eigenvalue weighted by Crippen LogP contribution is 2.27. The van der Waals surface area contributed by atoms with Crippen LogP contribution in [0, 0.1) is 5.92 Å². The summed E-state index contributed by atoms with van der Waals surface area (Å²) in [7, 11) is 3.22. The number of thioether (sulfide) groups is 1. The van der Waals surface area contributed by atoms with Crippen molar-refractivity contribution in [1.82, 2.24) is 9.78 Å². The molecule has 2 rings (SSSR count). The maximum absolute atomic E-state index is 12.1. The van der Waals surface area contributed by atoms with Crippen LogP contribution in [0.5, 0.6) is 11.5 Å². The van der Waals surface area contributed by atoms with Gasteiger partial charge in [0.2, 0.25) is 5.91 Å². The smallest absolute Gasteiger partial charge is 0.228 e. The van der Waals surface area contributed by atoms with E-state index in [1.807, 2.05) is 18.2 Å². The Morgan fingerprint density at radius 1 is 1.26 bits per heavy atom. The Morgan fingerprint density at radius 2 is 2.00 bits per heavy atom. The van der Waals surface area contributed by atoms with Crippen LogP contribution in [0.25, 0.3) is 0 Å². The van der Waals surface area contributed by atoms with E-state index in [0.717, 1.165) is 23.7 Å². The van der Waals surface area contributed by atoms with Crippen LogP contribution in [-0.2, 0) is 22.6 Å². The van der Waals surface area contributed by atoms with Crippen LogP contribution in [0.3, 0.4) is 0 Å². The van der Waals surface area contributed by atoms with Crippen molar-refractivity contribution in [3.63, 3.8) is 0 Å². The first-order valence-electron chi connectivity index (χ1n) is 8.60. The molecule has 1 N–H and O–H groups in total. The van der Waals surface area contributed by atoms with E-state index < -0.39 is 0 Å². The lowest BCUT2D eigenvalue weighted by molar-refractivity contribution is -0.118. The third-order valence-corrected chi connectivity index (χ3v) is 5.04. The van der Waals surface area contributed by atoms with Crippen LogP contribution in [0.1, 0.15) is 19.4 Å². The highest BCUT2D eigenvalue weighted by Gasteiger charge is 2.15. The normalized spacial score (nSPS) is 11.7. The van der Waals surface area contributed by atoms with Crippen LogP contribution >= 0.6 is 11.8 Å². The summed E-state index contributed by atoms with van der Waals surface area (Å²) in [6, 6.07) is 5.81. The van der Waals surface area contributed by atoms with Gasteiger partial charge >= 0.3 is 0 Å². The standard InChI is InChI=1S/C19H25N3O4S/c1-13(12-27-14(2)23)19(24)21-16-10-20-22(11-16)8-7-15-5-6-17(25-3)18(9-15)26-4/h5-6,9-11,13H,7-8,12H2,1-4H3,(H,21,24). The van der Waals surface area contributed by atoms with E-state index in [0.29, 0.717) is 29.5 Å². The highest BCUT2D eigenvalue weighted by atomic mass is 32.2. The summed E-state index contributed by atoms with van der Waals surface area (Å²) < 4.78 is 12.3. The summed E-state index contributed by atoms with van der Waals surface area (Å²) in [4.78, 5) is 23.1. The second-order valence-electron chi connectivity index (χ2n) is 6.12. The summed E-state index contributed by atoms with van der Waals surface area (Å²) in [5.41, 5.74) is 1.75. The van der Waals surface area contributed by atoms with Crippen molar-refractivity contribution in [2.75, 3.05) is 25.3 Å². The van der Waals surface area contributed by atoms with Crippen molar-refractivity contribution in [2.45, 2.75) is 26.8 Å². The first kappa shape index (κ1) is 20.8. The molecule has 146 valence electrons. The minimum absolute atomic E-state index is 0.0117. The summed E-state index contributed by atoms with van der Waals surface area (Å²) >= 11 is 1.16. The monoisotopic (exact) mass is 391 g/mol. The molecule has 1 aromatic heterocycles. The number of carbonyl (C=O) groups excluding carboxylic acids is 2. The van der Waals surface area contributed by atoms with E-state index in [1.165, 1.54) is 6.92 Å². The van der Waals surface area contributed by atoms with Gasteiger partial charge < -0.3 is 14.8 Å². The van der Waals surface area contributed by atoms with Crippen molar-refractivity contribution in [1.29, 1.82) is 0 Å². The maximum atomic E-state index is 12.1. The fourth-order valence-electron chi connectivity index (χ4n) is 2.41. The topological polar surface area (TPSA) is 82.5 Å². The number of methoxy groups -OCH3 is 2. The Balaban J connectivity index is 1.89. The number of ether oxygens (including phenoxy) is 2. The van der Waals surface area contributed by atoms with Crippen molar-refractivity contribution < 1.29 is 19.1 Å². The Bertz CT molecular complexity index is 791. The summed E-state index contributed by atoms with van der Waals surface area (Å²) in [5.74, 6) is 1.48. The molecular weight excluding hydrogens is 366 g/mol. The molecular formula is C19H25N3O4S. The van der Waals surface area contributed by atoms with Gasteiger partial charge in [0, 0.05) is 31.3 Å². The molecule has 0 aliphatic rings. The number of rotatable bonds is 9. The molecule has 1 aromatic carbocycles. The maximum Gasteiger partial charge on any atom is 0.228 e. The second-order valence-corrected chi connectivity index (χ2v) is 7.32. The largest absolute Gasteiger partial charge is 0.493 e. The zero-order valence-corrected chi connectivity index (χ0v) is 16.8. The molecule has 27 heavy (non-hydrogen) atoms. The second kappa shape index (κ2) is 10.0. The minimum Gasteiger partial charge on any atom is -0.493 e. The molecule has 0 radical (unpaired) electrons. The van der Waals surface area contributed by atoms with E-state index in [2.05, 4.69) is 10.4 Å². The van der Waals surface area contributed by atoms with Gasteiger partial charge in [-0.2, -0.15) is 5.10 Å². The molecule has 1 atom stereocenters. The summed E-state index contributed by atoms with van der Waals surface area (Å²) in [6.07, 6.45) is 4.18. The summed E-state index contributed by atoms with van der Waals surface area (Å²) in [6.45, 7) is 3.96. The molecule has 0 saturated heterocycles. The van der Waals surface area contributed by atoms with Gasteiger partial charge in [-0.3, -0.25) is 14.3 Å². The molecule has 0 fully saturated rings. The molecule has 1 unspecified atom stereocenters. The van der Waals surface area contributed by atoms with Crippen LogP contribution in [-0.4, -0.2) is 40.8 Å². The number of aryl methyl sites for hydroxylation is 2. The zero-order chi connectivity index (χ0) is 19.8. The van der Waals surface area contributed by atoms with E-state index >= 15 is 0 Å². The van der Waals surface area contributed by atoms with Crippen molar-refractivity contribution in [2.24, 2.45) is 5.92 Å². The van der Waals surface area contributed by atoms with E-state index in [9.17, 15) is 9.59 Å². The average molecular weight is 391 g/mol. The van der Waals surface area contributed by atoms with Gasteiger partial charge in [0.25, 0.3) is 0 Å². The van der Waals surface area contributed by atoms with Crippen molar-refractivity contribution >= 4 is 28.5 Å². The van der Waals surface area contributed by atoms with Crippen LogP contribution in [0.4, 0.5) is 5.69 Å². The van der Waals surface area contributed by atoms with Crippen LogP contribution in [0.2, 0.25) is 0 Å². The summed E-state index contributed by atoms with van der Waals surface area (Å²) in [5, 5.41) is 7.13. The van der Waals surface area contributed by atoms with Gasteiger partial charge in [-0.1, -0.05) is 24.8 Å². The van der Waals surface area contributed by atoms with Crippen LogP contribution in [0.15, 0.2) is 30.6 Å². The molecule has 0 spiro atoms. The number of aromatic nitrogens is 2. The van der Waals surface area contributed by atoms with Gasteiger partial charge in [0.1, 0.15) is 0 Å². The molecule has 1 amide bonds. The predicted molar refractivity (Wildman–Crippen MR) is 106 cm³/mol. The number of amides is 1. The van der Waals surface area contributed by atoms with E-state index in [1.54, 1.807) is 38.2 Å². The third-order valence-electron chi connectivity index (χ3n) is 3.96. The lowest BCUT2D eigenvalue weighted by Crippen LogP contribution is -2.22. The predicted octanol–water partition coefficient (Wildman–Crippen LogP) is 3.00. The average Bonchev–Trinajstić information content (AvgIpc) is 3.11. The number of nitrogens with one attached hydrogen (secondary N) is 1. The number of carbonyl (C=O) groups is 2. The molecule has 8 heteroatoms. The van der Waals surface area contributed by atoms with Gasteiger partial charge in [-0.05, 0) is 24.1 Å². The van der Waals surface area contributed by atoms with Crippen molar-refractivity contribution in [3.05, 3.63) is 36.2 Å². The van der Waals surface area contributed by atoms with Crippen LogP contribution < -0.4 is 14.8 Å². The lowest BCUT2D eigenvalue weighted by Gasteiger charge is -2.10. The van der Waals surface area contributed by atoms with E-state index in [-0.39, 0.29) is 16.9 Å². The number of hydrogen-bond donors (Lipinski definition) is 1. The first-order valence-corrected chi connectivity index (χ1v) is 9.59. The Labute approximate surface area is 163 Å². The highest BCUT2D eigenvalue weighted by molar-refractivity contribution is 8.13. The molecule has 2 aromatic rings. The molecule has 7 nitrogen and oxygen atoms in total. The molecule has 0 bridgehead atoms. The van der Waals surface area contributed by atoms with E-state index in [4.69, 9.17) is 9.47 Å². The fourth-order valence-corrected chi connectivity index (χ4v) is 3.05. The number of benzene rings is 1. The molecule has 0 aliphatic carbocycles. The lowest BCUT2D eigenvalue weighted by atomic mass is 10.1. The van der Waals surface area contributed by atoms with Gasteiger partial charge in [-0.15, -0.1) is 0 Å². The zero-order valence-electron chi connectivity index (χ0n) is 16.0. The Hall–Kier alpha value is -2.48. The molecule has 0 aliphatic heterocycles. The quantitative estimate of drug-likeness (QED) is 0.708. The number of nitrogens with zero attached hydrogens (tertiary/aromatic N) is 2. The number of hydrogen-bond acceptors (Lipinski definition) is 6. The minimum atomic E-state index is -0.256. The SMILES string of the molecule is COc1ccc(CCn2cc(NC(=O)C(C)CSC(C)=O)cn2)cc1OC. The molecule has 1 heterocycles. The first-order chi connectivity index (χ1) is 12.9. The van der Waals surface area contributed by atoms with Crippen molar-refractivity contribution in [3.8, 4) is 11.5 Å². The Kier molecular flexibility index (Phi) is 7.72.